The van der Waals surface area contributed by atoms with Crippen LogP contribution in [-0.4, -0.2) is 26.1 Å². The van der Waals surface area contributed by atoms with Gasteiger partial charge in [-0.25, -0.2) is 4.39 Å². The van der Waals surface area contributed by atoms with Crippen molar-refractivity contribution in [2.45, 2.75) is 13.0 Å². The molecule has 0 atom stereocenters. The summed E-state index contributed by atoms with van der Waals surface area (Å²) in [5.41, 5.74) is 1.53. The minimum absolute atomic E-state index is 0.167. The summed E-state index contributed by atoms with van der Waals surface area (Å²) in [6.07, 6.45) is 0.167. The van der Waals surface area contributed by atoms with E-state index < -0.39 is 0 Å². The zero-order valence-electron chi connectivity index (χ0n) is 12.5. The second-order valence-corrected chi connectivity index (χ2v) is 5.98. The molecule has 0 bridgehead atoms. The first-order valence-corrected chi connectivity index (χ1v) is 7.95. The molecule has 0 aliphatic carbocycles. The highest BCUT2D eigenvalue weighted by Gasteiger charge is 2.10. The van der Waals surface area contributed by atoms with Crippen LogP contribution in [0.1, 0.15) is 11.4 Å². The van der Waals surface area contributed by atoms with E-state index in [9.17, 15) is 9.18 Å². The van der Waals surface area contributed by atoms with Crippen molar-refractivity contribution in [2.75, 3.05) is 0 Å². The van der Waals surface area contributed by atoms with Crippen LogP contribution in [0.15, 0.2) is 53.0 Å². The summed E-state index contributed by atoms with van der Waals surface area (Å²) in [6, 6.07) is 13.3. The first-order valence-electron chi connectivity index (χ1n) is 7.16. The Hall–Kier alpha value is -2.61. The van der Waals surface area contributed by atoms with E-state index in [1.807, 2.05) is 24.3 Å². The zero-order valence-corrected chi connectivity index (χ0v) is 14.1. The summed E-state index contributed by atoms with van der Waals surface area (Å²) in [5.74, 6) is 0.00424. The fourth-order valence-electron chi connectivity index (χ4n) is 2.13. The van der Waals surface area contributed by atoms with Gasteiger partial charge in [-0.15, -0.1) is 5.10 Å². The van der Waals surface area contributed by atoms with Crippen molar-refractivity contribution >= 4 is 21.8 Å². The fourth-order valence-corrected chi connectivity index (χ4v) is 2.39. The van der Waals surface area contributed by atoms with Crippen LogP contribution in [0, 0.1) is 5.82 Å². The smallest absolute Gasteiger partial charge is 0.224 e. The minimum atomic E-state index is -0.326. The predicted molar refractivity (Wildman–Crippen MR) is 88.8 cm³/mol. The van der Waals surface area contributed by atoms with E-state index in [-0.39, 0.29) is 24.7 Å². The molecule has 1 aromatic heterocycles. The molecule has 0 fully saturated rings. The quantitative estimate of drug-likeness (QED) is 0.727. The molecule has 0 aliphatic heterocycles. The van der Waals surface area contributed by atoms with Gasteiger partial charge in [-0.2, -0.15) is 4.68 Å². The van der Waals surface area contributed by atoms with Crippen LogP contribution in [0.3, 0.4) is 0 Å². The molecular weight excluding hydrogens is 377 g/mol. The standard InChI is InChI=1S/C16H13BrFN5O/c17-12-3-7-14(8-4-12)23-15(20-21-22-23)10-19-16(24)9-11-1-5-13(18)6-2-11/h1-8H,9-10H2,(H,19,24). The molecule has 0 saturated heterocycles. The summed E-state index contributed by atoms with van der Waals surface area (Å²) in [4.78, 5) is 12.0. The lowest BCUT2D eigenvalue weighted by Crippen LogP contribution is -2.26. The number of nitrogens with zero attached hydrogens (tertiary/aromatic N) is 4. The lowest BCUT2D eigenvalue weighted by molar-refractivity contribution is -0.120. The maximum absolute atomic E-state index is 12.9. The van der Waals surface area contributed by atoms with E-state index >= 15 is 0 Å². The summed E-state index contributed by atoms with van der Waals surface area (Å²) >= 11 is 3.37. The Bertz CT molecular complexity index is 832. The molecule has 0 unspecified atom stereocenters. The zero-order chi connectivity index (χ0) is 16.9. The highest BCUT2D eigenvalue weighted by Crippen LogP contribution is 2.14. The Labute approximate surface area is 145 Å². The Morgan fingerprint density at radius 2 is 1.83 bits per heavy atom. The molecule has 8 heteroatoms. The van der Waals surface area contributed by atoms with Gasteiger partial charge in [0.1, 0.15) is 5.82 Å². The first kappa shape index (κ1) is 16.3. The Morgan fingerprint density at radius 1 is 1.12 bits per heavy atom. The van der Waals surface area contributed by atoms with Gasteiger partial charge in [0.15, 0.2) is 5.82 Å². The van der Waals surface area contributed by atoms with Crippen molar-refractivity contribution in [2.24, 2.45) is 0 Å². The monoisotopic (exact) mass is 389 g/mol. The van der Waals surface area contributed by atoms with Gasteiger partial charge in [-0.1, -0.05) is 28.1 Å². The van der Waals surface area contributed by atoms with Crippen molar-refractivity contribution in [3.05, 3.63) is 70.2 Å². The normalized spacial score (nSPS) is 10.6. The van der Waals surface area contributed by atoms with Crippen LogP contribution < -0.4 is 5.32 Å². The van der Waals surface area contributed by atoms with Crippen LogP contribution in [-0.2, 0) is 17.8 Å². The number of halogens is 2. The number of benzene rings is 2. The van der Waals surface area contributed by atoms with Crippen molar-refractivity contribution in [3.8, 4) is 5.69 Å². The minimum Gasteiger partial charge on any atom is -0.348 e. The highest BCUT2D eigenvalue weighted by molar-refractivity contribution is 9.10. The molecule has 0 radical (unpaired) electrons. The third kappa shape index (κ3) is 4.02. The molecule has 0 spiro atoms. The first-order chi connectivity index (χ1) is 11.6. The topological polar surface area (TPSA) is 72.7 Å². The number of hydrogen-bond acceptors (Lipinski definition) is 4. The molecule has 0 aliphatic rings. The maximum atomic E-state index is 12.9. The SMILES string of the molecule is O=C(Cc1ccc(F)cc1)NCc1nnnn1-c1ccc(Br)cc1. The van der Waals surface area contributed by atoms with Crippen LogP contribution in [0.2, 0.25) is 0 Å². The Balaban J connectivity index is 1.63. The molecule has 3 rings (SSSR count). The second-order valence-electron chi connectivity index (χ2n) is 5.06. The molecule has 2 aromatic carbocycles. The Morgan fingerprint density at radius 3 is 2.54 bits per heavy atom. The molecule has 1 heterocycles. The van der Waals surface area contributed by atoms with Crippen molar-refractivity contribution < 1.29 is 9.18 Å². The van der Waals surface area contributed by atoms with E-state index in [2.05, 4.69) is 36.8 Å². The van der Waals surface area contributed by atoms with E-state index in [1.165, 1.54) is 12.1 Å². The van der Waals surface area contributed by atoms with Crippen LogP contribution in [0.25, 0.3) is 5.69 Å². The lowest BCUT2D eigenvalue weighted by Gasteiger charge is -2.07. The van der Waals surface area contributed by atoms with Gasteiger partial charge in [-0.3, -0.25) is 4.79 Å². The van der Waals surface area contributed by atoms with Gasteiger partial charge < -0.3 is 5.32 Å². The molecule has 0 saturated carbocycles. The number of aromatic nitrogens is 4. The number of tetrazole rings is 1. The summed E-state index contributed by atoms with van der Waals surface area (Å²) < 4.78 is 15.4. The van der Waals surface area contributed by atoms with Crippen LogP contribution in [0.4, 0.5) is 4.39 Å². The van der Waals surface area contributed by atoms with Gasteiger partial charge in [0.25, 0.3) is 0 Å². The molecule has 1 amide bonds. The highest BCUT2D eigenvalue weighted by atomic mass is 79.9. The second kappa shape index (κ2) is 7.31. The third-order valence-corrected chi connectivity index (χ3v) is 3.86. The van der Waals surface area contributed by atoms with Gasteiger partial charge >= 0.3 is 0 Å². The van der Waals surface area contributed by atoms with Crippen molar-refractivity contribution in [3.63, 3.8) is 0 Å². The van der Waals surface area contributed by atoms with Crippen molar-refractivity contribution in [1.29, 1.82) is 0 Å². The molecule has 24 heavy (non-hydrogen) atoms. The molecule has 3 aromatic rings. The number of amides is 1. The van der Waals surface area contributed by atoms with Gasteiger partial charge in [0.05, 0.1) is 18.7 Å². The molecule has 1 N–H and O–H groups in total. The summed E-state index contributed by atoms with van der Waals surface area (Å²) in [7, 11) is 0. The average Bonchev–Trinajstić information content (AvgIpc) is 3.04. The van der Waals surface area contributed by atoms with Crippen LogP contribution >= 0.6 is 15.9 Å². The largest absolute Gasteiger partial charge is 0.348 e. The molecule has 6 nitrogen and oxygen atoms in total. The number of carbonyl (C=O) groups excluding carboxylic acids is 1. The number of nitrogens with one attached hydrogen (secondary N) is 1. The predicted octanol–water partition coefficient (Wildman–Crippen LogP) is 2.42. The van der Waals surface area contributed by atoms with Gasteiger partial charge in [-0.05, 0) is 52.4 Å². The Kier molecular flexibility index (Phi) is 4.95. The summed E-state index contributed by atoms with van der Waals surface area (Å²) in [5, 5.41) is 14.3. The van der Waals surface area contributed by atoms with E-state index in [4.69, 9.17) is 0 Å². The third-order valence-electron chi connectivity index (χ3n) is 3.33. The number of rotatable bonds is 5. The van der Waals surface area contributed by atoms with E-state index in [1.54, 1.807) is 16.8 Å². The fraction of sp³-hybridized carbons (Fsp3) is 0.125. The van der Waals surface area contributed by atoms with E-state index in [0.717, 1.165) is 15.7 Å². The van der Waals surface area contributed by atoms with E-state index in [0.29, 0.717) is 5.82 Å². The van der Waals surface area contributed by atoms with Gasteiger partial charge in [0, 0.05) is 4.47 Å². The number of hydrogen-bond donors (Lipinski definition) is 1. The molecular formula is C16H13BrFN5O. The molecule has 122 valence electrons. The average molecular weight is 390 g/mol. The van der Waals surface area contributed by atoms with Crippen LogP contribution in [0.5, 0.6) is 0 Å². The summed E-state index contributed by atoms with van der Waals surface area (Å²) in [6.45, 7) is 0.198. The van der Waals surface area contributed by atoms with Crippen molar-refractivity contribution in [1.82, 2.24) is 25.5 Å². The number of carbonyl (C=O) groups is 1. The lowest BCUT2D eigenvalue weighted by atomic mass is 10.1. The van der Waals surface area contributed by atoms with Gasteiger partial charge in [0.2, 0.25) is 5.91 Å². The maximum Gasteiger partial charge on any atom is 0.224 e.